The van der Waals surface area contributed by atoms with Gasteiger partial charge in [0.25, 0.3) is 0 Å². The van der Waals surface area contributed by atoms with Crippen molar-refractivity contribution in [2.24, 2.45) is 0 Å². The number of amides is 1. The summed E-state index contributed by atoms with van der Waals surface area (Å²) in [5, 5.41) is 1.06. The first-order chi connectivity index (χ1) is 20.5. The molecule has 8 nitrogen and oxygen atoms in total. The summed E-state index contributed by atoms with van der Waals surface area (Å²) in [6, 6.07) is 6.18. The van der Waals surface area contributed by atoms with E-state index < -0.39 is 11.5 Å². The van der Waals surface area contributed by atoms with Gasteiger partial charge in [0.1, 0.15) is 17.3 Å². The van der Waals surface area contributed by atoms with E-state index in [0.29, 0.717) is 62.7 Å². The van der Waals surface area contributed by atoms with Gasteiger partial charge in [-0.2, -0.15) is 4.98 Å². The normalized spacial score (nSPS) is 15.4. The fourth-order valence-electron chi connectivity index (χ4n) is 5.55. The Labute approximate surface area is 263 Å². The monoisotopic (exact) mass is 640 g/mol. The molecule has 4 aromatic rings. The van der Waals surface area contributed by atoms with Crippen LogP contribution in [0.3, 0.4) is 0 Å². The molecule has 0 radical (unpaired) electrons. The molecule has 1 saturated heterocycles. The maximum Gasteiger partial charge on any atom is 0.355 e. The van der Waals surface area contributed by atoms with Crippen LogP contribution in [0.5, 0.6) is 0 Å². The topological polar surface area (TPSA) is 84.2 Å². The van der Waals surface area contributed by atoms with E-state index in [9.17, 15) is 9.59 Å². The first-order valence-electron chi connectivity index (χ1n) is 13.8. The molecule has 3 aromatic heterocycles. The zero-order valence-corrected chi connectivity index (χ0v) is 26.8. The maximum absolute atomic E-state index is 16.2. The highest BCUT2D eigenvalue weighted by molar-refractivity contribution is 7.98. The van der Waals surface area contributed by atoms with Crippen LogP contribution in [0.1, 0.15) is 37.9 Å². The number of aromatic nitrogens is 4. The Morgan fingerprint density at radius 1 is 1.21 bits per heavy atom. The Kier molecular flexibility index (Phi) is 8.83. The van der Waals surface area contributed by atoms with Crippen LogP contribution in [0.15, 0.2) is 52.8 Å². The van der Waals surface area contributed by atoms with Crippen LogP contribution in [0, 0.1) is 12.7 Å². The summed E-state index contributed by atoms with van der Waals surface area (Å²) in [6.45, 7) is 12.6. The molecule has 1 atom stereocenters. The number of nitrogens with zero attached hydrogens (tertiary/aromatic N) is 6. The molecule has 5 rings (SSSR count). The molecule has 4 heterocycles. The Balaban J connectivity index is 1.85. The predicted molar refractivity (Wildman–Crippen MR) is 173 cm³/mol. The first kappa shape index (κ1) is 31.0. The van der Waals surface area contributed by atoms with E-state index in [1.165, 1.54) is 28.5 Å². The zero-order chi connectivity index (χ0) is 31.2. The van der Waals surface area contributed by atoms with Gasteiger partial charge in [-0.05, 0) is 61.9 Å². The highest BCUT2D eigenvalue weighted by atomic mass is 35.5. The van der Waals surface area contributed by atoms with Crippen molar-refractivity contribution in [1.82, 2.24) is 24.4 Å². The molecule has 0 unspecified atom stereocenters. The quantitative estimate of drug-likeness (QED) is 0.172. The van der Waals surface area contributed by atoms with Crippen LogP contribution in [0.25, 0.3) is 28.0 Å². The number of aryl methyl sites for hydroxylation is 1. The predicted octanol–water partition coefficient (Wildman–Crippen LogP) is 6.67. The van der Waals surface area contributed by atoms with Crippen molar-refractivity contribution in [2.75, 3.05) is 30.8 Å². The third-order valence-electron chi connectivity index (χ3n) is 7.58. The molecule has 1 fully saturated rings. The van der Waals surface area contributed by atoms with E-state index in [0.717, 1.165) is 5.56 Å². The van der Waals surface area contributed by atoms with Crippen molar-refractivity contribution < 1.29 is 9.18 Å². The highest BCUT2D eigenvalue weighted by Gasteiger charge is 2.31. The summed E-state index contributed by atoms with van der Waals surface area (Å²) < 4.78 is 17.6. The van der Waals surface area contributed by atoms with Crippen molar-refractivity contribution in [3.8, 4) is 16.9 Å². The largest absolute Gasteiger partial charge is 0.355 e. The second-order valence-electron chi connectivity index (χ2n) is 10.8. The van der Waals surface area contributed by atoms with Crippen molar-refractivity contribution in [3.05, 3.63) is 80.7 Å². The summed E-state index contributed by atoms with van der Waals surface area (Å²) in [5.41, 5.74) is 2.12. The number of fused-ring (bicyclic) bond motifs is 1. The second kappa shape index (κ2) is 12.3. The summed E-state index contributed by atoms with van der Waals surface area (Å²) in [5.74, 6) is -0.513. The summed E-state index contributed by atoms with van der Waals surface area (Å²) in [6.07, 6.45) is 4.82. The van der Waals surface area contributed by atoms with Crippen molar-refractivity contribution in [3.63, 3.8) is 0 Å². The fourth-order valence-corrected chi connectivity index (χ4v) is 6.90. The minimum absolute atomic E-state index is 0.00800. The van der Waals surface area contributed by atoms with Gasteiger partial charge in [0.2, 0.25) is 5.91 Å². The van der Waals surface area contributed by atoms with Crippen molar-refractivity contribution in [1.29, 1.82) is 0 Å². The lowest BCUT2D eigenvalue weighted by molar-refractivity contribution is -0.126. The number of carbonyl (C=O) groups is 1. The first-order valence-corrected chi connectivity index (χ1v) is 15.7. The maximum atomic E-state index is 16.2. The number of carbonyl (C=O) groups excluding carboxylic acids is 1. The van der Waals surface area contributed by atoms with E-state index >= 15 is 4.39 Å². The molecule has 0 spiro atoms. The lowest BCUT2D eigenvalue weighted by atomic mass is 10.0. The van der Waals surface area contributed by atoms with Crippen LogP contribution in [0.2, 0.25) is 10.0 Å². The van der Waals surface area contributed by atoms with Gasteiger partial charge in [0, 0.05) is 47.4 Å². The average Bonchev–Trinajstić information content (AvgIpc) is 2.96. The van der Waals surface area contributed by atoms with Crippen LogP contribution in [-0.2, 0) is 4.79 Å². The molecule has 0 aliphatic carbocycles. The van der Waals surface area contributed by atoms with E-state index in [4.69, 9.17) is 28.2 Å². The van der Waals surface area contributed by atoms with E-state index in [1.54, 1.807) is 23.2 Å². The molecule has 1 aliphatic heterocycles. The number of hydrogen-bond acceptors (Lipinski definition) is 7. The molecule has 0 saturated carbocycles. The number of hydrogen-bond donors (Lipinski definition) is 0. The second-order valence-corrected chi connectivity index (χ2v) is 12.4. The summed E-state index contributed by atoms with van der Waals surface area (Å²) in [7, 11) is 0. The van der Waals surface area contributed by atoms with Gasteiger partial charge in [0.05, 0.1) is 21.8 Å². The van der Waals surface area contributed by atoms with Crippen LogP contribution in [-0.4, -0.2) is 62.3 Å². The standard InChI is InChI=1S/C31H31Cl2FN6O2S/c1-7-24(41)38-10-11-39(18(5)15-38)29-21-14-23(34)26(20-12-19(32)13-22(33)28(20)43-6)36-30(21)40(31(42)37-29)27-17(4)8-9-35-25(27)16(2)3/h7-9,12-14,16,18H,1,10-11,15H2,2-6H3/t18-/m0/s1. The molecule has 224 valence electrons. The zero-order valence-electron chi connectivity index (χ0n) is 24.5. The third-order valence-corrected chi connectivity index (χ3v) is 9.06. The van der Waals surface area contributed by atoms with Crippen molar-refractivity contribution >= 4 is 57.7 Å². The Morgan fingerprint density at radius 3 is 2.60 bits per heavy atom. The number of piperazine rings is 1. The number of benzene rings is 1. The molecule has 1 aromatic carbocycles. The van der Waals surface area contributed by atoms with Gasteiger partial charge in [-0.3, -0.25) is 9.78 Å². The molecule has 1 aliphatic rings. The van der Waals surface area contributed by atoms with Crippen LogP contribution < -0.4 is 10.6 Å². The molecule has 43 heavy (non-hydrogen) atoms. The van der Waals surface area contributed by atoms with Crippen LogP contribution in [0.4, 0.5) is 10.2 Å². The average molecular weight is 642 g/mol. The highest BCUT2D eigenvalue weighted by Crippen LogP contribution is 2.40. The number of halogens is 3. The Bertz CT molecular complexity index is 1830. The van der Waals surface area contributed by atoms with Gasteiger partial charge in [-0.1, -0.05) is 43.6 Å². The number of anilines is 1. The molecule has 0 N–H and O–H groups in total. The Hall–Kier alpha value is -3.47. The van der Waals surface area contributed by atoms with E-state index in [-0.39, 0.29) is 29.2 Å². The van der Waals surface area contributed by atoms with Crippen LogP contribution >= 0.6 is 35.0 Å². The van der Waals surface area contributed by atoms with E-state index in [2.05, 4.69) is 16.5 Å². The molecule has 1 amide bonds. The van der Waals surface area contributed by atoms with Gasteiger partial charge in [0.15, 0.2) is 5.65 Å². The lowest BCUT2D eigenvalue weighted by Gasteiger charge is -2.40. The Morgan fingerprint density at radius 2 is 1.95 bits per heavy atom. The van der Waals surface area contributed by atoms with Gasteiger partial charge in [-0.15, -0.1) is 11.8 Å². The smallest absolute Gasteiger partial charge is 0.350 e. The SMILES string of the molecule is C=CC(=O)N1CCN(c2nc(=O)n(-c3c(C)ccnc3C(C)C)c3nc(-c4cc(Cl)cc(Cl)c4SC)c(F)cc23)[C@@H](C)C1. The van der Waals surface area contributed by atoms with Gasteiger partial charge < -0.3 is 9.80 Å². The number of pyridine rings is 2. The lowest BCUT2D eigenvalue weighted by Crippen LogP contribution is -2.54. The minimum atomic E-state index is -0.616. The molecular weight excluding hydrogens is 610 g/mol. The molecular formula is C31H31Cl2FN6O2S. The van der Waals surface area contributed by atoms with E-state index in [1.807, 2.05) is 44.9 Å². The molecule has 12 heteroatoms. The number of thioether (sulfide) groups is 1. The summed E-state index contributed by atoms with van der Waals surface area (Å²) >= 11 is 14.2. The molecule has 0 bridgehead atoms. The van der Waals surface area contributed by atoms with Crippen molar-refractivity contribution in [2.45, 2.75) is 44.6 Å². The summed E-state index contributed by atoms with van der Waals surface area (Å²) in [4.78, 5) is 44.5. The number of rotatable bonds is 6. The fraction of sp³-hybridized carbons (Fsp3) is 0.323. The van der Waals surface area contributed by atoms with Gasteiger partial charge >= 0.3 is 5.69 Å². The van der Waals surface area contributed by atoms with Gasteiger partial charge in [-0.25, -0.2) is 18.7 Å². The minimum Gasteiger partial charge on any atom is -0.350 e. The third kappa shape index (κ3) is 5.63.